The molecular weight excluding hydrogens is 326 g/mol. The van der Waals surface area contributed by atoms with Gasteiger partial charge in [-0.2, -0.15) is 0 Å². The number of anilines is 1. The summed E-state index contributed by atoms with van der Waals surface area (Å²) in [4.78, 5) is 2.42. The third kappa shape index (κ3) is 4.66. The van der Waals surface area contributed by atoms with Crippen LogP contribution in [0.2, 0.25) is 0 Å². The maximum Gasteiger partial charge on any atom is 0.0637 e. The lowest BCUT2D eigenvalue weighted by Gasteiger charge is -2.34. The standard InChI is InChI=1S/C15H23BrClNO/c1-4-14(5-2)18(8-9-19-3)15-10-13(16)7-6-12(15)11-17/h6-7,10,14H,4-5,8-9,11H2,1-3H3. The Hall–Kier alpha value is -0.250. The minimum absolute atomic E-state index is 0.520. The molecule has 0 bridgehead atoms. The largest absolute Gasteiger partial charge is 0.383 e. The van der Waals surface area contributed by atoms with E-state index in [4.69, 9.17) is 16.3 Å². The number of rotatable bonds is 8. The first-order chi connectivity index (χ1) is 9.17. The van der Waals surface area contributed by atoms with Crippen LogP contribution < -0.4 is 4.90 Å². The van der Waals surface area contributed by atoms with Crippen molar-refractivity contribution >= 4 is 33.2 Å². The lowest BCUT2D eigenvalue weighted by Crippen LogP contribution is -2.37. The van der Waals surface area contributed by atoms with Crippen LogP contribution in [0.15, 0.2) is 22.7 Å². The van der Waals surface area contributed by atoms with Gasteiger partial charge in [0.2, 0.25) is 0 Å². The zero-order valence-corrected chi connectivity index (χ0v) is 14.3. The molecule has 1 aromatic rings. The van der Waals surface area contributed by atoms with Crippen LogP contribution in [0.3, 0.4) is 0 Å². The lowest BCUT2D eigenvalue weighted by atomic mass is 10.1. The number of methoxy groups -OCH3 is 1. The van der Waals surface area contributed by atoms with Gasteiger partial charge in [0.25, 0.3) is 0 Å². The van der Waals surface area contributed by atoms with Gasteiger partial charge < -0.3 is 9.64 Å². The molecule has 0 fully saturated rings. The van der Waals surface area contributed by atoms with Gasteiger partial charge in [0.1, 0.15) is 0 Å². The second kappa shape index (κ2) is 8.83. The van der Waals surface area contributed by atoms with Crippen molar-refractivity contribution in [3.05, 3.63) is 28.2 Å². The van der Waals surface area contributed by atoms with E-state index in [9.17, 15) is 0 Å². The summed E-state index contributed by atoms with van der Waals surface area (Å²) in [6, 6.07) is 6.81. The summed E-state index contributed by atoms with van der Waals surface area (Å²) < 4.78 is 6.34. The molecule has 108 valence electrons. The topological polar surface area (TPSA) is 12.5 Å². The third-order valence-electron chi connectivity index (χ3n) is 3.42. The monoisotopic (exact) mass is 347 g/mol. The van der Waals surface area contributed by atoms with Gasteiger partial charge in [-0.3, -0.25) is 0 Å². The smallest absolute Gasteiger partial charge is 0.0637 e. The van der Waals surface area contributed by atoms with Crippen LogP contribution in [0, 0.1) is 0 Å². The van der Waals surface area contributed by atoms with E-state index in [2.05, 4.69) is 46.8 Å². The fourth-order valence-corrected chi connectivity index (χ4v) is 2.91. The molecule has 0 saturated carbocycles. The molecule has 19 heavy (non-hydrogen) atoms. The summed E-state index contributed by atoms with van der Waals surface area (Å²) in [5.41, 5.74) is 2.39. The van der Waals surface area contributed by atoms with E-state index in [0.717, 1.165) is 30.5 Å². The minimum atomic E-state index is 0.520. The molecule has 0 aliphatic rings. The second-order valence-corrected chi connectivity index (χ2v) is 5.75. The highest BCUT2D eigenvalue weighted by Crippen LogP contribution is 2.29. The predicted octanol–water partition coefficient (Wildman–Crippen LogP) is 4.83. The van der Waals surface area contributed by atoms with Crippen LogP contribution >= 0.6 is 27.5 Å². The molecular formula is C15H23BrClNO. The highest BCUT2D eigenvalue weighted by molar-refractivity contribution is 9.10. The van der Waals surface area contributed by atoms with Crippen LogP contribution in [-0.4, -0.2) is 26.3 Å². The molecule has 0 aliphatic carbocycles. The Bertz CT molecular complexity index is 382. The van der Waals surface area contributed by atoms with E-state index in [0.29, 0.717) is 11.9 Å². The van der Waals surface area contributed by atoms with Crippen molar-refractivity contribution in [1.29, 1.82) is 0 Å². The molecule has 4 heteroatoms. The van der Waals surface area contributed by atoms with Gasteiger partial charge in [0, 0.05) is 35.7 Å². The van der Waals surface area contributed by atoms with Gasteiger partial charge in [-0.1, -0.05) is 35.8 Å². The van der Waals surface area contributed by atoms with Crippen molar-refractivity contribution in [1.82, 2.24) is 0 Å². The Morgan fingerprint density at radius 1 is 1.32 bits per heavy atom. The van der Waals surface area contributed by atoms with Crippen molar-refractivity contribution in [2.45, 2.75) is 38.6 Å². The molecule has 2 nitrogen and oxygen atoms in total. The van der Waals surface area contributed by atoms with Crippen LogP contribution in [0.25, 0.3) is 0 Å². The molecule has 0 aliphatic heterocycles. The van der Waals surface area contributed by atoms with Crippen molar-refractivity contribution in [2.75, 3.05) is 25.2 Å². The summed E-state index contributed by atoms with van der Waals surface area (Å²) in [6.07, 6.45) is 2.24. The molecule has 0 heterocycles. The van der Waals surface area contributed by atoms with E-state index in [1.165, 1.54) is 11.3 Å². The third-order valence-corrected chi connectivity index (χ3v) is 4.20. The minimum Gasteiger partial charge on any atom is -0.383 e. The summed E-state index contributed by atoms with van der Waals surface area (Å²) in [7, 11) is 1.74. The quantitative estimate of drug-likeness (QED) is 0.624. The van der Waals surface area contributed by atoms with Gasteiger partial charge in [0.15, 0.2) is 0 Å². The number of benzene rings is 1. The average molecular weight is 349 g/mol. The van der Waals surface area contributed by atoms with Crippen LogP contribution in [0.4, 0.5) is 5.69 Å². The first-order valence-electron chi connectivity index (χ1n) is 6.77. The number of alkyl halides is 1. The Kier molecular flexibility index (Phi) is 7.81. The summed E-state index contributed by atoms with van der Waals surface area (Å²) in [5, 5.41) is 0. The van der Waals surface area contributed by atoms with E-state index in [1.54, 1.807) is 7.11 Å². The lowest BCUT2D eigenvalue weighted by molar-refractivity contribution is 0.202. The van der Waals surface area contributed by atoms with E-state index < -0.39 is 0 Å². The van der Waals surface area contributed by atoms with E-state index in [1.807, 2.05) is 6.07 Å². The molecule has 0 aromatic heterocycles. The number of ether oxygens (including phenoxy) is 1. The Balaban J connectivity index is 3.10. The van der Waals surface area contributed by atoms with Gasteiger partial charge in [-0.25, -0.2) is 0 Å². The normalized spacial score (nSPS) is 11.1. The van der Waals surface area contributed by atoms with Crippen molar-refractivity contribution in [3.8, 4) is 0 Å². The second-order valence-electron chi connectivity index (χ2n) is 4.56. The number of hydrogen-bond acceptors (Lipinski definition) is 2. The van der Waals surface area contributed by atoms with Crippen LogP contribution in [0.1, 0.15) is 32.3 Å². The van der Waals surface area contributed by atoms with Crippen molar-refractivity contribution in [2.24, 2.45) is 0 Å². The molecule has 0 radical (unpaired) electrons. The Labute approximate surface area is 130 Å². The average Bonchev–Trinajstić information content (AvgIpc) is 2.43. The molecule has 0 atom stereocenters. The molecule has 1 rings (SSSR count). The maximum atomic E-state index is 6.08. The van der Waals surface area contributed by atoms with Gasteiger partial charge in [-0.05, 0) is 30.5 Å². The van der Waals surface area contributed by atoms with Crippen molar-refractivity contribution in [3.63, 3.8) is 0 Å². The maximum absolute atomic E-state index is 6.08. The van der Waals surface area contributed by atoms with Gasteiger partial charge in [-0.15, -0.1) is 11.6 Å². The highest BCUT2D eigenvalue weighted by Gasteiger charge is 2.18. The Morgan fingerprint density at radius 2 is 2.00 bits per heavy atom. The fourth-order valence-electron chi connectivity index (χ4n) is 2.34. The zero-order chi connectivity index (χ0) is 14.3. The molecule has 0 saturated heterocycles. The Morgan fingerprint density at radius 3 is 2.53 bits per heavy atom. The summed E-state index contributed by atoms with van der Waals surface area (Å²) >= 11 is 9.63. The highest BCUT2D eigenvalue weighted by atomic mass is 79.9. The molecule has 0 N–H and O–H groups in total. The number of hydrogen-bond donors (Lipinski definition) is 0. The first-order valence-corrected chi connectivity index (χ1v) is 8.10. The molecule has 1 aromatic carbocycles. The van der Waals surface area contributed by atoms with E-state index in [-0.39, 0.29) is 0 Å². The van der Waals surface area contributed by atoms with Crippen molar-refractivity contribution < 1.29 is 4.74 Å². The number of halogens is 2. The predicted molar refractivity (Wildman–Crippen MR) is 87.3 cm³/mol. The summed E-state index contributed by atoms with van der Waals surface area (Å²) in [6.45, 7) is 6.08. The summed E-state index contributed by atoms with van der Waals surface area (Å²) in [5.74, 6) is 0.534. The molecule has 0 spiro atoms. The first kappa shape index (κ1) is 16.8. The van der Waals surface area contributed by atoms with Gasteiger partial charge >= 0.3 is 0 Å². The fraction of sp³-hybridized carbons (Fsp3) is 0.600. The zero-order valence-electron chi connectivity index (χ0n) is 12.0. The van der Waals surface area contributed by atoms with E-state index >= 15 is 0 Å². The van der Waals surface area contributed by atoms with Crippen LogP contribution in [-0.2, 0) is 10.6 Å². The SMILES string of the molecule is CCC(CC)N(CCOC)c1cc(Br)ccc1CCl. The molecule has 0 unspecified atom stereocenters. The van der Waals surface area contributed by atoms with Crippen LogP contribution in [0.5, 0.6) is 0 Å². The number of nitrogens with zero attached hydrogens (tertiary/aromatic N) is 1. The van der Waals surface area contributed by atoms with Gasteiger partial charge in [0.05, 0.1) is 6.61 Å². The molecule has 0 amide bonds.